The van der Waals surface area contributed by atoms with Crippen LogP contribution in [-0.2, 0) is 6.42 Å². The summed E-state index contributed by atoms with van der Waals surface area (Å²) in [5.74, 6) is -0.491. The van der Waals surface area contributed by atoms with Crippen LogP contribution in [0.4, 0.5) is 10.2 Å². The standard InChI is InChI=1S/C31H26FN7OS/c32-26-17-21(39-30-27(36-37-39)9-5-14-34-30)10-11-24(26)31(40)38(22-8-4-13-33-19-22)29-25-18-23(41-28(25)12-15-35-29)16-20-6-2-1-3-7-20/h1-3,5-7,9-12,14-15,17-18,22,33H,4,8,13,16,19H2/t22-/m1/s1. The molecular formula is C31H26FN7OS. The van der Waals surface area contributed by atoms with Gasteiger partial charge in [0, 0.05) is 46.4 Å². The molecule has 0 saturated carbocycles. The van der Waals surface area contributed by atoms with Crippen LogP contribution in [0, 0.1) is 5.82 Å². The molecule has 7 rings (SSSR count). The summed E-state index contributed by atoms with van der Waals surface area (Å²) in [5, 5.41) is 12.5. The Morgan fingerprint density at radius 3 is 2.78 bits per heavy atom. The number of amides is 1. The van der Waals surface area contributed by atoms with Gasteiger partial charge in [0.2, 0.25) is 0 Å². The molecule has 1 amide bonds. The van der Waals surface area contributed by atoms with Crippen molar-refractivity contribution in [2.45, 2.75) is 25.3 Å². The number of pyridine rings is 2. The predicted molar refractivity (Wildman–Crippen MR) is 158 cm³/mol. The Morgan fingerprint density at radius 2 is 1.95 bits per heavy atom. The molecule has 204 valence electrons. The lowest BCUT2D eigenvalue weighted by atomic mass is 10.0. The van der Waals surface area contributed by atoms with Crippen molar-refractivity contribution in [2.24, 2.45) is 0 Å². The van der Waals surface area contributed by atoms with E-state index in [1.54, 1.807) is 46.8 Å². The molecule has 4 aromatic heterocycles. The van der Waals surface area contributed by atoms with Gasteiger partial charge in [-0.3, -0.25) is 9.69 Å². The van der Waals surface area contributed by atoms with Crippen molar-refractivity contribution < 1.29 is 9.18 Å². The van der Waals surface area contributed by atoms with Crippen molar-refractivity contribution in [3.8, 4) is 5.69 Å². The van der Waals surface area contributed by atoms with Crippen LogP contribution in [-0.4, -0.2) is 50.0 Å². The summed E-state index contributed by atoms with van der Waals surface area (Å²) in [4.78, 5) is 26.1. The van der Waals surface area contributed by atoms with Crippen molar-refractivity contribution in [1.29, 1.82) is 0 Å². The summed E-state index contributed by atoms with van der Waals surface area (Å²) in [6.07, 6.45) is 5.88. The first-order valence-corrected chi connectivity index (χ1v) is 14.4. The Bertz CT molecular complexity index is 1860. The number of halogens is 1. The summed E-state index contributed by atoms with van der Waals surface area (Å²) in [7, 11) is 0. The number of carbonyl (C=O) groups excluding carboxylic acids is 1. The topological polar surface area (TPSA) is 88.8 Å². The van der Waals surface area contributed by atoms with Gasteiger partial charge < -0.3 is 5.32 Å². The van der Waals surface area contributed by atoms with E-state index in [0.717, 1.165) is 35.9 Å². The van der Waals surface area contributed by atoms with Gasteiger partial charge in [0.1, 0.15) is 17.2 Å². The Hall–Kier alpha value is -4.54. The zero-order valence-electron chi connectivity index (χ0n) is 22.1. The zero-order chi connectivity index (χ0) is 27.8. The maximum atomic E-state index is 15.7. The monoisotopic (exact) mass is 563 g/mol. The number of nitrogens with zero attached hydrogens (tertiary/aromatic N) is 6. The van der Waals surface area contributed by atoms with E-state index in [2.05, 4.69) is 38.8 Å². The number of hydrogen-bond donors (Lipinski definition) is 1. The summed E-state index contributed by atoms with van der Waals surface area (Å²) >= 11 is 1.69. The first kappa shape index (κ1) is 25.4. The van der Waals surface area contributed by atoms with Crippen LogP contribution >= 0.6 is 11.3 Å². The third-order valence-corrected chi connectivity index (χ3v) is 8.52. The van der Waals surface area contributed by atoms with Crippen LogP contribution in [0.5, 0.6) is 0 Å². The molecule has 0 spiro atoms. The van der Waals surface area contributed by atoms with Gasteiger partial charge in [-0.1, -0.05) is 35.5 Å². The van der Waals surface area contributed by atoms with Gasteiger partial charge in [-0.15, -0.1) is 16.4 Å². The van der Waals surface area contributed by atoms with Crippen LogP contribution in [0.1, 0.15) is 33.6 Å². The highest BCUT2D eigenvalue weighted by Gasteiger charge is 2.32. The normalized spacial score (nSPS) is 15.4. The molecule has 1 fully saturated rings. The minimum Gasteiger partial charge on any atom is -0.315 e. The SMILES string of the molecule is O=C(c1ccc(-n2nnc3cccnc32)cc1F)N(c1nccc2sc(Cc3ccccc3)cc12)[C@@H]1CCCNC1. The largest absolute Gasteiger partial charge is 0.315 e. The molecule has 5 heterocycles. The third-order valence-electron chi connectivity index (χ3n) is 7.42. The number of piperidine rings is 1. The van der Waals surface area contributed by atoms with E-state index in [9.17, 15) is 4.79 Å². The van der Waals surface area contributed by atoms with Gasteiger partial charge in [0.15, 0.2) is 5.65 Å². The zero-order valence-corrected chi connectivity index (χ0v) is 22.9. The van der Waals surface area contributed by atoms with Crippen molar-refractivity contribution in [3.05, 3.63) is 107 Å². The molecule has 8 nitrogen and oxygen atoms in total. The quantitative estimate of drug-likeness (QED) is 0.286. The fourth-order valence-corrected chi connectivity index (χ4v) is 6.53. The van der Waals surface area contributed by atoms with E-state index in [4.69, 9.17) is 4.98 Å². The first-order valence-electron chi connectivity index (χ1n) is 13.6. The van der Waals surface area contributed by atoms with E-state index in [1.807, 2.05) is 24.3 Å². The highest BCUT2D eigenvalue weighted by Crippen LogP contribution is 2.35. The lowest BCUT2D eigenvalue weighted by molar-refractivity contribution is 0.0968. The van der Waals surface area contributed by atoms with E-state index in [-0.39, 0.29) is 11.6 Å². The maximum absolute atomic E-state index is 15.7. The number of carbonyl (C=O) groups is 1. The summed E-state index contributed by atoms with van der Waals surface area (Å²) in [6, 6.07) is 22.3. The molecule has 0 aliphatic carbocycles. The summed E-state index contributed by atoms with van der Waals surface area (Å²) in [5.41, 5.74) is 2.76. The fourth-order valence-electron chi connectivity index (χ4n) is 5.44. The predicted octanol–water partition coefficient (Wildman–Crippen LogP) is 5.55. The number of anilines is 1. The van der Waals surface area contributed by atoms with Crippen LogP contribution in [0.2, 0.25) is 0 Å². The van der Waals surface area contributed by atoms with Crippen LogP contribution < -0.4 is 10.2 Å². The second-order valence-electron chi connectivity index (χ2n) is 10.1. The molecule has 1 aliphatic heterocycles. The molecule has 0 bridgehead atoms. The minimum absolute atomic E-state index is 0.0183. The fraction of sp³-hybridized carbons (Fsp3) is 0.194. The van der Waals surface area contributed by atoms with Crippen LogP contribution in [0.3, 0.4) is 0 Å². The number of aromatic nitrogens is 5. The molecule has 0 radical (unpaired) electrons. The second kappa shape index (κ2) is 10.8. The van der Waals surface area contributed by atoms with Crippen molar-refractivity contribution in [3.63, 3.8) is 0 Å². The maximum Gasteiger partial charge on any atom is 0.262 e. The number of benzene rings is 2. The molecular weight excluding hydrogens is 537 g/mol. The average molecular weight is 564 g/mol. The number of nitrogens with one attached hydrogen (secondary N) is 1. The minimum atomic E-state index is -0.636. The second-order valence-corrected chi connectivity index (χ2v) is 11.3. The molecule has 6 aromatic rings. The highest BCUT2D eigenvalue weighted by atomic mass is 32.1. The Balaban J connectivity index is 1.27. The molecule has 0 unspecified atom stereocenters. The Kier molecular flexibility index (Phi) is 6.69. The number of hydrogen-bond acceptors (Lipinski definition) is 7. The van der Waals surface area contributed by atoms with Gasteiger partial charge in [-0.05, 0) is 61.3 Å². The van der Waals surface area contributed by atoms with Crippen molar-refractivity contribution in [2.75, 3.05) is 18.0 Å². The van der Waals surface area contributed by atoms with Crippen molar-refractivity contribution >= 4 is 44.3 Å². The van der Waals surface area contributed by atoms with Gasteiger partial charge in [0.25, 0.3) is 5.91 Å². The summed E-state index contributed by atoms with van der Waals surface area (Å²) < 4.78 is 18.2. The molecule has 1 N–H and O–H groups in total. The van der Waals surface area contributed by atoms with Crippen LogP contribution in [0.15, 0.2) is 85.2 Å². The molecule has 10 heteroatoms. The van der Waals surface area contributed by atoms with Gasteiger partial charge in [-0.25, -0.2) is 14.4 Å². The Labute approximate surface area is 239 Å². The van der Waals surface area contributed by atoms with Crippen LogP contribution in [0.25, 0.3) is 26.9 Å². The first-order chi connectivity index (χ1) is 20.2. The molecule has 41 heavy (non-hydrogen) atoms. The number of thiophene rings is 1. The molecule has 1 atom stereocenters. The van der Waals surface area contributed by atoms with E-state index >= 15 is 4.39 Å². The Morgan fingerprint density at radius 1 is 1.05 bits per heavy atom. The summed E-state index contributed by atoms with van der Waals surface area (Å²) in [6.45, 7) is 1.50. The lowest BCUT2D eigenvalue weighted by Gasteiger charge is -2.34. The van der Waals surface area contributed by atoms with E-state index < -0.39 is 11.7 Å². The molecule has 1 saturated heterocycles. The molecule has 2 aromatic carbocycles. The lowest BCUT2D eigenvalue weighted by Crippen LogP contribution is -2.49. The smallest absolute Gasteiger partial charge is 0.262 e. The average Bonchev–Trinajstić information content (AvgIpc) is 3.63. The highest BCUT2D eigenvalue weighted by molar-refractivity contribution is 7.19. The number of rotatable bonds is 6. The van der Waals surface area contributed by atoms with E-state index in [0.29, 0.717) is 29.2 Å². The molecule has 1 aliphatic rings. The van der Waals surface area contributed by atoms with Gasteiger partial charge in [-0.2, -0.15) is 4.68 Å². The van der Waals surface area contributed by atoms with Crippen molar-refractivity contribution in [1.82, 2.24) is 30.3 Å². The third kappa shape index (κ3) is 4.85. The van der Waals surface area contributed by atoms with Gasteiger partial charge >= 0.3 is 0 Å². The number of fused-ring (bicyclic) bond motifs is 2. The van der Waals surface area contributed by atoms with E-state index in [1.165, 1.54) is 27.3 Å². The van der Waals surface area contributed by atoms with Gasteiger partial charge in [0.05, 0.1) is 17.3 Å².